The number of anilines is 1. The summed E-state index contributed by atoms with van der Waals surface area (Å²) in [4.78, 5) is 19.9. The van der Waals surface area contributed by atoms with Crippen molar-refractivity contribution in [3.63, 3.8) is 0 Å². The van der Waals surface area contributed by atoms with E-state index in [1.54, 1.807) is 6.33 Å². The summed E-state index contributed by atoms with van der Waals surface area (Å²) in [6, 6.07) is 2.08. The minimum atomic E-state index is -5.08. The average Bonchev–Trinajstić information content (AvgIpc) is 3.37. The molecule has 1 N–H and O–H groups in total. The van der Waals surface area contributed by atoms with Crippen LogP contribution >= 0.6 is 0 Å². The molecule has 12 heteroatoms. The van der Waals surface area contributed by atoms with Crippen molar-refractivity contribution in [2.75, 3.05) is 37.8 Å². The van der Waals surface area contributed by atoms with Crippen LogP contribution in [-0.4, -0.2) is 75.8 Å². The van der Waals surface area contributed by atoms with Gasteiger partial charge in [-0.15, -0.1) is 0 Å². The van der Waals surface area contributed by atoms with Gasteiger partial charge < -0.3 is 19.5 Å². The van der Waals surface area contributed by atoms with E-state index in [2.05, 4.69) is 26.0 Å². The molecule has 30 heavy (non-hydrogen) atoms. The minimum absolute atomic E-state index is 0.314. The quantitative estimate of drug-likeness (QED) is 0.717. The molecular formula is C18H24F3N5O4. The Bertz CT molecular complexity index is 875. The Hall–Kier alpha value is -2.47. The number of aromatic nitrogens is 4. The van der Waals surface area contributed by atoms with Gasteiger partial charge in [-0.3, -0.25) is 0 Å². The van der Waals surface area contributed by atoms with Gasteiger partial charge in [-0.2, -0.15) is 27.8 Å². The van der Waals surface area contributed by atoms with Crippen molar-refractivity contribution in [3.8, 4) is 0 Å². The van der Waals surface area contributed by atoms with Gasteiger partial charge in [-0.1, -0.05) is 0 Å². The maximum absolute atomic E-state index is 10.6. The first-order valence-corrected chi connectivity index (χ1v) is 9.62. The van der Waals surface area contributed by atoms with Gasteiger partial charge in [0.1, 0.15) is 12.1 Å². The van der Waals surface area contributed by atoms with Crippen molar-refractivity contribution in [1.29, 1.82) is 0 Å². The van der Waals surface area contributed by atoms with Crippen LogP contribution in [0.25, 0.3) is 5.78 Å². The summed E-state index contributed by atoms with van der Waals surface area (Å²) in [7, 11) is 0. The Balaban J connectivity index is 0.000000318. The molecule has 2 aromatic rings. The number of fused-ring (bicyclic) bond motifs is 2. The summed E-state index contributed by atoms with van der Waals surface area (Å²) in [5, 5.41) is 11.4. The lowest BCUT2D eigenvalue weighted by atomic mass is 9.91. The smallest absolute Gasteiger partial charge is 0.475 e. The van der Waals surface area contributed by atoms with Crippen molar-refractivity contribution in [2.24, 2.45) is 11.8 Å². The molecule has 0 aromatic carbocycles. The number of halogens is 3. The van der Waals surface area contributed by atoms with Crippen LogP contribution in [0.1, 0.15) is 19.0 Å². The second-order valence-corrected chi connectivity index (χ2v) is 7.22. The summed E-state index contributed by atoms with van der Waals surface area (Å²) in [5.41, 5.74) is 0.964. The van der Waals surface area contributed by atoms with Gasteiger partial charge in [0.25, 0.3) is 5.78 Å². The Kier molecular flexibility index (Phi) is 6.76. The van der Waals surface area contributed by atoms with E-state index in [4.69, 9.17) is 19.4 Å². The number of carboxylic acids is 1. The van der Waals surface area contributed by atoms with Crippen LogP contribution in [0, 0.1) is 18.8 Å². The van der Waals surface area contributed by atoms with Crippen LogP contribution in [0.2, 0.25) is 0 Å². The number of aliphatic carboxylic acids is 1. The third-order valence-electron chi connectivity index (χ3n) is 5.20. The number of alkyl halides is 3. The molecule has 9 nitrogen and oxygen atoms in total. The topological polar surface area (TPSA) is 102 Å². The summed E-state index contributed by atoms with van der Waals surface area (Å²) < 4.78 is 45.1. The van der Waals surface area contributed by atoms with Crippen LogP contribution in [0.3, 0.4) is 0 Å². The van der Waals surface area contributed by atoms with Gasteiger partial charge in [-0.05, 0) is 26.2 Å². The number of carboxylic acid groups (broad SMARTS) is 1. The van der Waals surface area contributed by atoms with E-state index < -0.39 is 12.1 Å². The lowest BCUT2D eigenvalue weighted by Gasteiger charge is -2.22. The van der Waals surface area contributed by atoms with Gasteiger partial charge in [-0.25, -0.2) is 9.78 Å². The third-order valence-corrected chi connectivity index (χ3v) is 5.20. The average molecular weight is 431 g/mol. The predicted octanol–water partition coefficient (Wildman–Crippen LogP) is 1.94. The number of ether oxygens (including phenoxy) is 2. The molecule has 0 amide bonds. The SMILES string of the molecule is CCOCC[C@H]1CO[C@H]2CN(c3cc(C)nc4ncnn34)C[C@@H]12.O=C(O)C(F)(F)F. The Morgan fingerprint density at radius 3 is 2.80 bits per heavy atom. The van der Waals surface area contributed by atoms with E-state index in [0.29, 0.717) is 23.7 Å². The molecule has 2 aliphatic rings. The van der Waals surface area contributed by atoms with Crippen LogP contribution < -0.4 is 4.90 Å². The highest BCUT2D eigenvalue weighted by molar-refractivity contribution is 5.73. The summed E-state index contributed by atoms with van der Waals surface area (Å²) in [6.45, 7) is 8.43. The van der Waals surface area contributed by atoms with Gasteiger partial charge in [0.15, 0.2) is 0 Å². The highest BCUT2D eigenvalue weighted by atomic mass is 19.4. The number of carbonyl (C=O) groups is 1. The maximum atomic E-state index is 10.6. The van der Waals surface area contributed by atoms with Crippen molar-refractivity contribution in [1.82, 2.24) is 19.6 Å². The fourth-order valence-electron chi connectivity index (χ4n) is 3.80. The molecule has 0 radical (unpaired) electrons. The molecule has 2 aromatic heterocycles. The van der Waals surface area contributed by atoms with E-state index in [1.807, 2.05) is 18.4 Å². The van der Waals surface area contributed by atoms with Crippen molar-refractivity contribution in [3.05, 3.63) is 18.1 Å². The number of aryl methyl sites for hydroxylation is 1. The Morgan fingerprint density at radius 2 is 2.13 bits per heavy atom. The van der Waals surface area contributed by atoms with Crippen molar-refractivity contribution in [2.45, 2.75) is 32.5 Å². The standard InChI is InChI=1S/C16H23N5O2.C2HF3O2/c1-3-22-5-4-12-9-23-14-8-20(7-13(12)14)15-6-11(2)19-16-17-10-18-21(15)16;3-2(4,5)1(6)7/h6,10,12-14H,3-5,7-9H2,1-2H3;(H,6,7)/t12-,13-,14-;/m0./s1. The highest BCUT2D eigenvalue weighted by Crippen LogP contribution is 2.37. The second kappa shape index (κ2) is 9.13. The zero-order chi connectivity index (χ0) is 21.9. The first-order valence-electron chi connectivity index (χ1n) is 9.62. The molecule has 4 heterocycles. The van der Waals surface area contributed by atoms with Gasteiger partial charge >= 0.3 is 12.1 Å². The van der Waals surface area contributed by atoms with Gasteiger partial charge in [0.05, 0.1) is 12.7 Å². The zero-order valence-corrected chi connectivity index (χ0v) is 16.7. The fourth-order valence-corrected chi connectivity index (χ4v) is 3.80. The summed E-state index contributed by atoms with van der Waals surface area (Å²) in [6.07, 6.45) is -2.13. The van der Waals surface area contributed by atoms with E-state index >= 15 is 0 Å². The van der Waals surface area contributed by atoms with E-state index in [0.717, 1.165) is 50.8 Å². The summed E-state index contributed by atoms with van der Waals surface area (Å²) in [5.74, 6) is 0.123. The molecule has 0 unspecified atom stereocenters. The molecule has 3 atom stereocenters. The fraction of sp³-hybridized carbons (Fsp3) is 0.667. The molecule has 0 saturated carbocycles. The molecule has 4 rings (SSSR count). The molecule has 166 valence electrons. The van der Waals surface area contributed by atoms with Gasteiger partial charge in [0, 0.05) is 44.0 Å². The molecule has 0 aliphatic carbocycles. The lowest BCUT2D eigenvalue weighted by Crippen LogP contribution is -2.26. The lowest BCUT2D eigenvalue weighted by molar-refractivity contribution is -0.192. The van der Waals surface area contributed by atoms with Crippen LogP contribution in [-0.2, 0) is 14.3 Å². The first-order chi connectivity index (χ1) is 14.2. The zero-order valence-electron chi connectivity index (χ0n) is 16.7. The molecule has 2 aliphatic heterocycles. The number of hydrogen-bond acceptors (Lipinski definition) is 7. The minimum Gasteiger partial charge on any atom is -0.475 e. The van der Waals surface area contributed by atoms with E-state index in [9.17, 15) is 13.2 Å². The Morgan fingerprint density at radius 1 is 1.40 bits per heavy atom. The molecule has 2 fully saturated rings. The number of rotatable bonds is 5. The third kappa shape index (κ3) is 4.98. The van der Waals surface area contributed by atoms with E-state index in [1.165, 1.54) is 0 Å². The number of hydrogen-bond donors (Lipinski definition) is 1. The monoisotopic (exact) mass is 431 g/mol. The molecular weight excluding hydrogens is 407 g/mol. The largest absolute Gasteiger partial charge is 0.490 e. The molecule has 2 saturated heterocycles. The molecule has 0 spiro atoms. The summed E-state index contributed by atoms with van der Waals surface area (Å²) >= 11 is 0. The normalized spacial score (nSPS) is 23.4. The van der Waals surface area contributed by atoms with E-state index in [-0.39, 0.29) is 0 Å². The predicted molar refractivity (Wildman–Crippen MR) is 99.3 cm³/mol. The van der Waals surface area contributed by atoms with Crippen LogP contribution in [0.4, 0.5) is 19.0 Å². The second-order valence-electron chi connectivity index (χ2n) is 7.22. The Labute approximate surface area is 170 Å². The maximum Gasteiger partial charge on any atom is 0.490 e. The van der Waals surface area contributed by atoms with Crippen LogP contribution in [0.15, 0.2) is 12.4 Å². The number of nitrogens with zero attached hydrogens (tertiary/aromatic N) is 5. The molecule has 0 bridgehead atoms. The van der Waals surface area contributed by atoms with Crippen molar-refractivity contribution >= 4 is 17.6 Å². The van der Waals surface area contributed by atoms with Crippen molar-refractivity contribution < 1.29 is 32.5 Å². The first kappa shape index (κ1) is 22.2. The highest BCUT2D eigenvalue weighted by Gasteiger charge is 2.44. The van der Waals surface area contributed by atoms with Crippen LogP contribution in [0.5, 0.6) is 0 Å². The van der Waals surface area contributed by atoms with Gasteiger partial charge in [0.2, 0.25) is 0 Å².